The number of hydrogen-bond donors (Lipinski definition) is 1. The number of ether oxygens (including phenoxy) is 1. The van der Waals surface area contributed by atoms with Crippen molar-refractivity contribution >= 4 is 12.1 Å². The third-order valence-electron chi connectivity index (χ3n) is 2.64. The summed E-state index contributed by atoms with van der Waals surface area (Å²) in [5.41, 5.74) is 1.17. The predicted molar refractivity (Wildman–Crippen MR) is 55.5 cm³/mol. The van der Waals surface area contributed by atoms with Crippen LogP contribution in [-0.2, 0) is 17.7 Å². The Hall–Kier alpha value is -2.18. The van der Waals surface area contributed by atoms with E-state index in [0.29, 0.717) is 24.2 Å². The summed E-state index contributed by atoms with van der Waals surface area (Å²) in [6.45, 7) is 0.665. The van der Waals surface area contributed by atoms with Crippen LogP contribution in [0.3, 0.4) is 0 Å². The minimum atomic E-state index is -1.07. The first-order valence-corrected chi connectivity index (χ1v) is 5.02. The number of amides is 1. The summed E-state index contributed by atoms with van der Waals surface area (Å²) in [6, 6.07) is 0. The topological polar surface area (TPSA) is 92.6 Å². The number of methoxy groups -OCH3 is 1. The maximum Gasteiger partial charge on any atom is 0.409 e. The van der Waals surface area contributed by atoms with E-state index in [1.54, 1.807) is 0 Å². The molecule has 0 aliphatic carbocycles. The van der Waals surface area contributed by atoms with Crippen molar-refractivity contribution in [1.29, 1.82) is 0 Å². The van der Waals surface area contributed by atoms with Gasteiger partial charge in [0.25, 0.3) is 0 Å². The number of carboxylic acids is 1. The highest BCUT2D eigenvalue weighted by atomic mass is 16.5. The molecule has 0 saturated heterocycles. The van der Waals surface area contributed by atoms with Gasteiger partial charge in [0.2, 0.25) is 0 Å². The summed E-state index contributed by atoms with van der Waals surface area (Å²) < 4.78 is 4.61. The molecule has 1 aromatic rings. The van der Waals surface area contributed by atoms with E-state index >= 15 is 0 Å². The molecule has 0 atom stereocenters. The second kappa shape index (κ2) is 4.36. The van der Waals surface area contributed by atoms with Crippen LogP contribution in [0.4, 0.5) is 4.79 Å². The van der Waals surface area contributed by atoms with Crippen LogP contribution in [0.5, 0.6) is 0 Å². The van der Waals surface area contributed by atoms with Crippen molar-refractivity contribution in [3.8, 4) is 0 Å². The molecule has 0 saturated carbocycles. The molecule has 1 amide bonds. The highest BCUT2D eigenvalue weighted by Crippen LogP contribution is 2.19. The molecule has 7 heteroatoms. The van der Waals surface area contributed by atoms with Crippen LogP contribution in [-0.4, -0.2) is 45.7 Å². The molecule has 90 valence electrons. The molecule has 0 radical (unpaired) electrons. The second-order valence-electron chi connectivity index (χ2n) is 3.59. The summed E-state index contributed by atoms with van der Waals surface area (Å²) in [5, 5.41) is 8.97. The standard InChI is InChI=1S/C10H11N3O4/c1-17-10(16)13-3-2-6-7(4-13)11-5-12-8(6)9(14)15/h5H,2-4H2,1H3,(H,14,15). The van der Waals surface area contributed by atoms with Gasteiger partial charge in [-0.1, -0.05) is 0 Å². The van der Waals surface area contributed by atoms with E-state index in [2.05, 4.69) is 14.7 Å². The van der Waals surface area contributed by atoms with Gasteiger partial charge in [-0.05, 0) is 6.42 Å². The first-order valence-electron chi connectivity index (χ1n) is 5.02. The largest absolute Gasteiger partial charge is 0.477 e. The normalized spacial score (nSPS) is 14.1. The van der Waals surface area contributed by atoms with Gasteiger partial charge in [-0.15, -0.1) is 0 Å². The highest BCUT2D eigenvalue weighted by molar-refractivity contribution is 5.87. The molecule has 2 heterocycles. The van der Waals surface area contributed by atoms with Crippen LogP contribution in [0.25, 0.3) is 0 Å². The maximum atomic E-state index is 11.3. The van der Waals surface area contributed by atoms with E-state index in [1.165, 1.54) is 18.3 Å². The Morgan fingerprint density at radius 2 is 2.24 bits per heavy atom. The van der Waals surface area contributed by atoms with E-state index in [1.807, 2.05) is 0 Å². The van der Waals surface area contributed by atoms with Crippen molar-refractivity contribution in [1.82, 2.24) is 14.9 Å². The SMILES string of the molecule is COC(=O)N1CCc2c(ncnc2C(=O)O)C1. The summed E-state index contributed by atoms with van der Waals surface area (Å²) in [4.78, 5) is 31.5. The lowest BCUT2D eigenvalue weighted by Gasteiger charge is -2.26. The van der Waals surface area contributed by atoms with E-state index < -0.39 is 12.1 Å². The molecule has 0 aromatic carbocycles. The van der Waals surface area contributed by atoms with Crippen molar-refractivity contribution in [2.75, 3.05) is 13.7 Å². The Morgan fingerprint density at radius 3 is 2.88 bits per heavy atom. The molecule has 7 nitrogen and oxygen atoms in total. The lowest BCUT2D eigenvalue weighted by Crippen LogP contribution is -2.37. The molecule has 0 unspecified atom stereocenters. The highest BCUT2D eigenvalue weighted by Gasteiger charge is 2.26. The Kier molecular flexibility index (Phi) is 2.90. The van der Waals surface area contributed by atoms with Gasteiger partial charge in [0, 0.05) is 12.1 Å². The number of carbonyl (C=O) groups is 2. The summed E-state index contributed by atoms with van der Waals surface area (Å²) in [5.74, 6) is -1.07. The number of carbonyl (C=O) groups excluding carboxylic acids is 1. The van der Waals surface area contributed by atoms with E-state index in [4.69, 9.17) is 5.11 Å². The van der Waals surface area contributed by atoms with E-state index in [0.717, 1.165) is 0 Å². The van der Waals surface area contributed by atoms with Gasteiger partial charge in [0.15, 0.2) is 5.69 Å². The van der Waals surface area contributed by atoms with Gasteiger partial charge in [-0.2, -0.15) is 0 Å². The lowest BCUT2D eigenvalue weighted by molar-refractivity contribution is 0.0687. The molecule has 1 aliphatic heterocycles. The molecule has 2 rings (SSSR count). The molecule has 1 aromatic heterocycles. The first-order chi connectivity index (χ1) is 8.13. The number of carboxylic acid groups (broad SMARTS) is 1. The number of aromatic carboxylic acids is 1. The molecule has 0 spiro atoms. The molecule has 0 bridgehead atoms. The molecule has 0 fully saturated rings. The van der Waals surface area contributed by atoms with Crippen LogP contribution < -0.4 is 0 Å². The van der Waals surface area contributed by atoms with Gasteiger partial charge in [0.05, 0.1) is 19.3 Å². The fourth-order valence-electron chi connectivity index (χ4n) is 1.82. The zero-order chi connectivity index (χ0) is 12.4. The minimum Gasteiger partial charge on any atom is -0.477 e. The van der Waals surface area contributed by atoms with E-state index in [-0.39, 0.29) is 12.2 Å². The molecular weight excluding hydrogens is 226 g/mol. The van der Waals surface area contributed by atoms with Crippen molar-refractivity contribution < 1.29 is 19.4 Å². The van der Waals surface area contributed by atoms with Gasteiger partial charge < -0.3 is 14.7 Å². The minimum absolute atomic E-state index is 0.0134. The number of hydrogen-bond acceptors (Lipinski definition) is 5. The van der Waals surface area contributed by atoms with Crippen molar-refractivity contribution in [3.63, 3.8) is 0 Å². The molecule has 1 N–H and O–H groups in total. The Balaban J connectivity index is 2.31. The first kappa shape index (κ1) is 11.3. The van der Waals surface area contributed by atoms with Crippen molar-refractivity contribution in [3.05, 3.63) is 23.3 Å². The van der Waals surface area contributed by atoms with Gasteiger partial charge in [0.1, 0.15) is 6.33 Å². The third-order valence-corrected chi connectivity index (χ3v) is 2.64. The number of aromatic nitrogens is 2. The van der Waals surface area contributed by atoms with Crippen LogP contribution >= 0.6 is 0 Å². The Bertz CT molecular complexity index is 475. The molecular formula is C10H11N3O4. The zero-order valence-electron chi connectivity index (χ0n) is 9.21. The number of nitrogens with zero attached hydrogens (tertiary/aromatic N) is 3. The lowest BCUT2D eigenvalue weighted by atomic mass is 10.0. The van der Waals surface area contributed by atoms with Crippen LogP contribution in [0, 0.1) is 0 Å². The predicted octanol–water partition coefficient (Wildman–Crippen LogP) is 0.299. The average molecular weight is 237 g/mol. The monoisotopic (exact) mass is 237 g/mol. The number of fused-ring (bicyclic) bond motifs is 1. The van der Waals surface area contributed by atoms with Crippen molar-refractivity contribution in [2.45, 2.75) is 13.0 Å². The summed E-state index contributed by atoms with van der Waals surface area (Å²) in [7, 11) is 1.31. The molecule has 1 aliphatic rings. The van der Waals surface area contributed by atoms with Crippen LogP contribution in [0.15, 0.2) is 6.33 Å². The second-order valence-corrected chi connectivity index (χ2v) is 3.59. The fraction of sp³-hybridized carbons (Fsp3) is 0.400. The van der Waals surface area contributed by atoms with Crippen LogP contribution in [0.1, 0.15) is 21.7 Å². The Morgan fingerprint density at radius 1 is 1.47 bits per heavy atom. The fourth-order valence-corrected chi connectivity index (χ4v) is 1.82. The number of rotatable bonds is 1. The summed E-state index contributed by atoms with van der Waals surface area (Å²) >= 11 is 0. The average Bonchev–Trinajstić information content (AvgIpc) is 2.36. The zero-order valence-corrected chi connectivity index (χ0v) is 9.21. The van der Waals surface area contributed by atoms with E-state index in [9.17, 15) is 9.59 Å². The smallest absolute Gasteiger partial charge is 0.409 e. The van der Waals surface area contributed by atoms with Gasteiger partial charge >= 0.3 is 12.1 Å². The summed E-state index contributed by atoms with van der Waals surface area (Å²) in [6.07, 6.45) is 1.18. The van der Waals surface area contributed by atoms with Crippen molar-refractivity contribution in [2.24, 2.45) is 0 Å². The van der Waals surface area contributed by atoms with Gasteiger partial charge in [-0.3, -0.25) is 0 Å². The van der Waals surface area contributed by atoms with Gasteiger partial charge in [-0.25, -0.2) is 19.6 Å². The Labute approximate surface area is 97.0 Å². The quantitative estimate of drug-likeness (QED) is 0.755. The third kappa shape index (κ3) is 2.03. The molecule has 17 heavy (non-hydrogen) atoms. The van der Waals surface area contributed by atoms with Crippen LogP contribution in [0.2, 0.25) is 0 Å². The maximum absolute atomic E-state index is 11.3.